The second kappa shape index (κ2) is 5.87. The van der Waals surface area contributed by atoms with E-state index in [0.717, 1.165) is 0 Å². The van der Waals surface area contributed by atoms with Crippen molar-refractivity contribution >= 4 is 44.1 Å². The normalized spacial score (nSPS) is 10.1. The van der Waals surface area contributed by atoms with E-state index in [2.05, 4.69) is 0 Å². The van der Waals surface area contributed by atoms with Gasteiger partial charge in [0, 0.05) is 26.2 Å². The first-order valence-corrected chi connectivity index (χ1v) is 3.17. The van der Waals surface area contributed by atoms with E-state index in [1.54, 1.807) is 0 Å². The van der Waals surface area contributed by atoms with E-state index >= 15 is 0 Å². The molecule has 0 unspecified atom stereocenters. The quantitative estimate of drug-likeness (QED) is 0.407. The fourth-order valence-electron chi connectivity index (χ4n) is 0.714. The number of hydrogen-bond donors (Lipinski definition) is 4. The first kappa shape index (κ1) is 15.7. The second-order valence-electron chi connectivity index (χ2n) is 2.48. The molecular weight excluding hydrogens is 393 g/mol. The predicted octanol–water partition coefficient (Wildman–Crippen LogP) is -1.63. The molecule has 14 heavy (non-hydrogen) atoms. The van der Waals surface area contributed by atoms with Crippen LogP contribution in [0.3, 0.4) is 0 Å². The van der Waals surface area contributed by atoms with Crippen LogP contribution in [0, 0.1) is 0 Å². The Morgan fingerprint density at radius 2 is 1.21 bits per heavy atom. The molecule has 0 bridgehead atoms. The maximum atomic E-state index is 10.3. The van der Waals surface area contributed by atoms with E-state index in [1.165, 1.54) is 0 Å². The average Bonchev–Trinajstić information content (AvgIpc) is 1.82. The van der Waals surface area contributed by atoms with Crippen molar-refractivity contribution in [3.63, 3.8) is 0 Å². The van der Waals surface area contributed by atoms with Crippen molar-refractivity contribution in [3.8, 4) is 0 Å². The van der Waals surface area contributed by atoms with E-state index < -0.39 is 36.4 Å². The molecule has 8 heteroatoms. The molecule has 79 valence electrons. The van der Waals surface area contributed by atoms with Gasteiger partial charge in [-0.25, -0.2) is 4.79 Å². The summed E-state index contributed by atoms with van der Waals surface area (Å²) in [6.07, 6.45) is -2.29. The fraction of sp³-hybridized carbons (Fsp3) is 0.500. The van der Waals surface area contributed by atoms with Gasteiger partial charge < -0.3 is 20.4 Å². The molecule has 0 atom stereocenters. The number of hydrogen-bond acceptors (Lipinski definition) is 4. The zero-order valence-electron chi connectivity index (χ0n) is 6.88. The average molecular weight is 401 g/mol. The van der Waals surface area contributed by atoms with E-state index in [0.29, 0.717) is 0 Å². The van der Waals surface area contributed by atoms with Crippen molar-refractivity contribution in [1.29, 1.82) is 0 Å². The number of aliphatic carboxylic acids is 3. The van der Waals surface area contributed by atoms with Gasteiger partial charge in [-0.1, -0.05) is 0 Å². The third-order valence-corrected chi connectivity index (χ3v) is 1.29. The Morgan fingerprint density at radius 1 is 0.929 bits per heavy atom. The van der Waals surface area contributed by atoms with Gasteiger partial charge in [-0.15, -0.1) is 0 Å². The molecular formula is C6H8BiO7. The number of aliphatic hydroxyl groups is 1. The van der Waals surface area contributed by atoms with E-state index in [4.69, 9.17) is 20.4 Å². The van der Waals surface area contributed by atoms with E-state index in [1.807, 2.05) is 0 Å². The van der Waals surface area contributed by atoms with Gasteiger partial charge >= 0.3 is 17.9 Å². The molecule has 0 spiro atoms. The van der Waals surface area contributed by atoms with Crippen LogP contribution in [0.4, 0.5) is 0 Å². The smallest absolute Gasteiger partial charge is 0.336 e. The van der Waals surface area contributed by atoms with Crippen LogP contribution in [0.5, 0.6) is 0 Å². The van der Waals surface area contributed by atoms with E-state index in [9.17, 15) is 14.4 Å². The van der Waals surface area contributed by atoms with Crippen LogP contribution in [0.25, 0.3) is 0 Å². The minimum absolute atomic E-state index is 0. The van der Waals surface area contributed by atoms with Gasteiger partial charge in [0.15, 0.2) is 5.60 Å². The van der Waals surface area contributed by atoms with Gasteiger partial charge in [0.1, 0.15) is 0 Å². The summed E-state index contributed by atoms with van der Waals surface area (Å²) in [5, 5.41) is 33.8. The molecule has 0 aliphatic rings. The first-order valence-electron chi connectivity index (χ1n) is 3.17. The van der Waals surface area contributed by atoms with Gasteiger partial charge in [0.2, 0.25) is 0 Å². The zero-order chi connectivity index (χ0) is 10.6. The maximum absolute atomic E-state index is 10.3. The van der Waals surface area contributed by atoms with Crippen LogP contribution in [-0.4, -0.2) is 70.1 Å². The molecule has 0 saturated heterocycles. The Balaban J connectivity index is 0. The van der Waals surface area contributed by atoms with Crippen molar-refractivity contribution in [2.24, 2.45) is 0 Å². The van der Waals surface area contributed by atoms with Gasteiger partial charge in [-0.2, -0.15) is 0 Å². The SMILES string of the molecule is O=C(O)CC(O)(CC(=O)O)C(=O)O.[Bi]. The van der Waals surface area contributed by atoms with Crippen molar-refractivity contribution in [2.45, 2.75) is 18.4 Å². The second-order valence-corrected chi connectivity index (χ2v) is 2.48. The zero-order valence-corrected chi connectivity index (χ0v) is 10.4. The van der Waals surface area contributed by atoms with Crippen LogP contribution in [0.2, 0.25) is 0 Å². The minimum atomic E-state index is -2.74. The number of carbonyl (C=O) groups is 3. The van der Waals surface area contributed by atoms with Crippen LogP contribution >= 0.6 is 0 Å². The van der Waals surface area contributed by atoms with Crippen LogP contribution in [-0.2, 0) is 14.4 Å². The molecule has 0 aromatic rings. The molecule has 4 N–H and O–H groups in total. The molecule has 0 saturated carbocycles. The monoisotopic (exact) mass is 401 g/mol. The molecule has 0 rings (SSSR count). The van der Waals surface area contributed by atoms with Crippen LogP contribution < -0.4 is 0 Å². The summed E-state index contributed by atoms with van der Waals surface area (Å²) >= 11 is 0. The summed E-state index contributed by atoms with van der Waals surface area (Å²) in [6, 6.07) is 0. The third kappa shape index (κ3) is 5.08. The Morgan fingerprint density at radius 3 is 1.36 bits per heavy atom. The largest absolute Gasteiger partial charge is 0.481 e. The van der Waals surface area contributed by atoms with E-state index in [-0.39, 0.29) is 26.2 Å². The van der Waals surface area contributed by atoms with Crippen LogP contribution in [0.1, 0.15) is 12.8 Å². The minimum Gasteiger partial charge on any atom is -0.481 e. The summed E-state index contributed by atoms with van der Waals surface area (Å²) in [6.45, 7) is 0. The van der Waals surface area contributed by atoms with Gasteiger partial charge in [0.05, 0.1) is 12.8 Å². The summed E-state index contributed by atoms with van der Waals surface area (Å²) in [5.41, 5.74) is -2.74. The molecule has 0 aliphatic carbocycles. The van der Waals surface area contributed by atoms with Crippen molar-refractivity contribution in [1.82, 2.24) is 0 Å². The molecule has 0 amide bonds. The summed E-state index contributed by atoms with van der Waals surface area (Å²) in [5.74, 6) is -5.02. The predicted molar refractivity (Wildman–Crippen MR) is 42.8 cm³/mol. The number of rotatable bonds is 5. The van der Waals surface area contributed by atoms with Crippen LogP contribution in [0.15, 0.2) is 0 Å². The van der Waals surface area contributed by atoms with Gasteiger partial charge in [-0.3, -0.25) is 9.59 Å². The molecule has 0 aromatic carbocycles. The Hall–Kier alpha value is -0.747. The third-order valence-electron chi connectivity index (χ3n) is 1.29. The molecule has 0 heterocycles. The molecule has 7 nitrogen and oxygen atoms in total. The Kier molecular flexibility index (Phi) is 6.59. The van der Waals surface area contributed by atoms with Crippen molar-refractivity contribution in [3.05, 3.63) is 0 Å². The van der Waals surface area contributed by atoms with Crippen molar-refractivity contribution in [2.75, 3.05) is 0 Å². The van der Waals surface area contributed by atoms with Crippen molar-refractivity contribution < 1.29 is 34.8 Å². The number of carboxylic acid groups (broad SMARTS) is 3. The topological polar surface area (TPSA) is 132 Å². The maximum Gasteiger partial charge on any atom is 0.336 e. The summed E-state index contributed by atoms with van der Waals surface area (Å²) in [7, 11) is 0. The molecule has 0 aliphatic heterocycles. The first-order chi connectivity index (χ1) is 5.78. The standard InChI is InChI=1S/C6H8O7.Bi/c7-3(8)1-6(13,5(11)12)2-4(9)10;/h13H,1-2H2,(H,7,8)(H,9,10)(H,11,12);. The molecule has 3 radical (unpaired) electrons. The molecule has 0 aromatic heterocycles. The molecule has 0 fully saturated rings. The van der Waals surface area contributed by atoms with Gasteiger partial charge in [0.25, 0.3) is 0 Å². The summed E-state index contributed by atoms with van der Waals surface area (Å²) in [4.78, 5) is 30.5. The Labute approximate surface area is 97.5 Å². The van der Waals surface area contributed by atoms with Gasteiger partial charge in [-0.05, 0) is 0 Å². The fourth-order valence-corrected chi connectivity index (χ4v) is 0.714. The number of carboxylic acids is 3. The Bertz CT molecular complexity index is 233. The summed E-state index contributed by atoms with van der Waals surface area (Å²) < 4.78 is 0.